The Kier molecular flexibility index (Phi) is 10.0. The molecular formula is C40H49NO4SiSn. The van der Waals surface area contributed by atoms with Gasteiger partial charge in [0.15, 0.2) is 0 Å². The van der Waals surface area contributed by atoms with Crippen LogP contribution in [0.5, 0.6) is 0 Å². The summed E-state index contributed by atoms with van der Waals surface area (Å²) in [6.07, 6.45) is -0.865. The molecule has 0 spiro atoms. The van der Waals surface area contributed by atoms with Crippen LogP contribution >= 0.6 is 0 Å². The average Bonchev–Trinajstić information content (AvgIpc) is 3.50. The van der Waals surface area contributed by atoms with Crippen LogP contribution in [0.15, 0.2) is 131 Å². The molecule has 0 bridgehead atoms. The van der Waals surface area contributed by atoms with Crippen LogP contribution in [-0.2, 0) is 25.3 Å². The number of benzene rings is 4. The van der Waals surface area contributed by atoms with Crippen molar-refractivity contribution in [2.75, 3.05) is 0 Å². The Morgan fingerprint density at radius 1 is 0.723 bits per heavy atom. The van der Waals surface area contributed by atoms with E-state index in [0.717, 1.165) is 5.56 Å². The van der Waals surface area contributed by atoms with E-state index in [2.05, 4.69) is 147 Å². The van der Waals surface area contributed by atoms with E-state index < -0.39 is 32.5 Å². The third-order valence-electron chi connectivity index (χ3n) is 10.1. The fourth-order valence-electron chi connectivity index (χ4n) is 6.69. The molecular weight excluding hydrogens is 705 g/mol. The Morgan fingerprint density at radius 3 is 1.64 bits per heavy atom. The number of fused-ring (bicyclic) bond motifs is 1. The van der Waals surface area contributed by atoms with Crippen molar-refractivity contribution < 1.29 is 18.7 Å². The minimum atomic E-state index is -3.93. The predicted octanol–water partition coefficient (Wildman–Crippen LogP) is 6.64. The monoisotopic (exact) mass is 755 g/mol. The summed E-state index contributed by atoms with van der Waals surface area (Å²) >= 11 is -3.93. The van der Waals surface area contributed by atoms with E-state index in [1.54, 1.807) is 0 Å². The van der Waals surface area contributed by atoms with Crippen LogP contribution in [0, 0.1) is 0 Å². The third kappa shape index (κ3) is 7.11. The van der Waals surface area contributed by atoms with Crippen LogP contribution in [-0.4, -0.2) is 56.8 Å². The Labute approximate surface area is 286 Å². The zero-order chi connectivity index (χ0) is 33.3. The van der Waals surface area contributed by atoms with Gasteiger partial charge < -0.3 is 0 Å². The second kappa shape index (κ2) is 13.7. The van der Waals surface area contributed by atoms with Crippen LogP contribution in [0.2, 0.25) is 18.1 Å². The van der Waals surface area contributed by atoms with Crippen molar-refractivity contribution >= 4 is 37.4 Å². The summed E-state index contributed by atoms with van der Waals surface area (Å²) in [6.45, 7) is 16.0. The normalized spacial score (nSPS) is 23.6. The first kappa shape index (κ1) is 34.3. The summed E-state index contributed by atoms with van der Waals surface area (Å²) < 4.78 is 27.7. The van der Waals surface area contributed by atoms with Crippen molar-refractivity contribution in [3.63, 3.8) is 0 Å². The predicted molar refractivity (Wildman–Crippen MR) is 196 cm³/mol. The van der Waals surface area contributed by atoms with Crippen LogP contribution in [0.3, 0.4) is 0 Å². The van der Waals surface area contributed by atoms with E-state index in [4.69, 9.17) is 18.7 Å². The Morgan fingerprint density at radius 2 is 1.17 bits per heavy atom. The second-order valence-electron chi connectivity index (χ2n) is 14.8. The van der Waals surface area contributed by atoms with Crippen LogP contribution in [0.25, 0.3) is 0 Å². The molecule has 1 saturated carbocycles. The molecule has 1 aliphatic carbocycles. The molecule has 1 N–H and O–H groups in total. The van der Waals surface area contributed by atoms with Crippen molar-refractivity contribution in [2.24, 2.45) is 0 Å². The zero-order valence-electron chi connectivity index (χ0n) is 28.8. The molecule has 4 atom stereocenters. The molecule has 0 radical (unpaired) electrons. The summed E-state index contributed by atoms with van der Waals surface area (Å²) in [5.41, 5.74) is 5.79. The van der Waals surface area contributed by atoms with E-state index in [9.17, 15) is 0 Å². The van der Waals surface area contributed by atoms with Gasteiger partial charge >= 0.3 is 288 Å². The maximum atomic E-state index is 7.44. The first-order valence-corrected chi connectivity index (χ1v) is 25.6. The van der Waals surface area contributed by atoms with Crippen molar-refractivity contribution in [1.29, 1.82) is 0 Å². The average molecular weight is 755 g/mol. The van der Waals surface area contributed by atoms with Gasteiger partial charge in [-0.25, -0.2) is 0 Å². The molecule has 246 valence electrons. The van der Waals surface area contributed by atoms with Crippen molar-refractivity contribution in [2.45, 2.75) is 89.5 Å². The van der Waals surface area contributed by atoms with Gasteiger partial charge in [-0.05, 0) is 0 Å². The van der Waals surface area contributed by atoms with Gasteiger partial charge in [-0.15, -0.1) is 0 Å². The summed E-state index contributed by atoms with van der Waals surface area (Å²) in [4.78, 5) is 6.34. The van der Waals surface area contributed by atoms with Gasteiger partial charge in [0.1, 0.15) is 0 Å². The molecule has 1 saturated heterocycles. The number of hydrogen-bond donors (Lipinski definition) is 1. The van der Waals surface area contributed by atoms with Crippen molar-refractivity contribution in [3.8, 4) is 0 Å². The van der Waals surface area contributed by atoms with Crippen LogP contribution in [0.4, 0.5) is 0 Å². The standard InChI is InChI=1S/C22H34NO4Si.3C6H5.Sn/c1-15-17(23-24-14-16-12-10-9-11-13-16)19-20(26-22(5,6)25-19)18(15)27-28(7,8)21(2,3)4;3*1-2-4-6-5-3-1;/h1,9-13,17-20,23H,14H2,2-8H3;3*1-5H;/t17-,18-,19+,20-;;;;/m1..../s1. The van der Waals surface area contributed by atoms with Gasteiger partial charge in [0, 0.05) is 0 Å². The Hall–Kier alpha value is -2.56. The third-order valence-corrected chi connectivity index (χ3v) is 27.4. The van der Waals surface area contributed by atoms with E-state index in [-0.39, 0.29) is 29.4 Å². The van der Waals surface area contributed by atoms with Gasteiger partial charge in [0.2, 0.25) is 0 Å². The van der Waals surface area contributed by atoms with Crippen LogP contribution < -0.4 is 16.2 Å². The molecule has 6 rings (SSSR count). The maximum absolute atomic E-state index is 7.44. The van der Waals surface area contributed by atoms with Gasteiger partial charge in [0.25, 0.3) is 0 Å². The summed E-state index contributed by atoms with van der Waals surface area (Å²) in [5.74, 6) is -0.742. The molecule has 0 amide bonds. The number of hydroxylamine groups is 1. The molecule has 5 nitrogen and oxygen atoms in total. The quantitative estimate of drug-likeness (QED) is 0.146. The molecule has 47 heavy (non-hydrogen) atoms. The molecule has 0 unspecified atom stereocenters. The summed E-state index contributed by atoms with van der Waals surface area (Å²) in [6, 6.07) is 43.3. The van der Waals surface area contributed by atoms with Gasteiger partial charge in [0.05, 0.1) is 0 Å². The molecule has 0 aromatic heterocycles. The number of ether oxygens (including phenoxy) is 2. The second-order valence-corrected chi connectivity index (χ2v) is 29.9. The summed E-state index contributed by atoms with van der Waals surface area (Å²) in [7, 11) is -2.27. The number of rotatable bonds is 10. The molecule has 1 aliphatic heterocycles. The van der Waals surface area contributed by atoms with E-state index in [1.807, 2.05) is 32.0 Å². The molecule has 1 heterocycles. The SMILES string of the molecule is CC1(C)O[C@@H]2[C@H](O1)[C@H](O[Si](C)(C)C(C)(C)C)/C(=[CH]/[Sn]([c]1ccccc1)([c]1ccccc1)[c]1ccccc1)[C@H]2NOCc1ccccc1. The first-order valence-electron chi connectivity index (χ1n) is 16.8. The minimum absolute atomic E-state index is 0.0105. The fraction of sp³-hybridized carbons (Fsp3) is 0.350. The van der Waals surface area contributed by atoms with Gasteiger partial charge in [-0.2, -0.15) is 0 Å². The molecule has 2 fully saturated rings. The number of hydrogen-bond acceptors (Lipinski definition) is 5. The van der Waals surface area contributed by atoms with Crippen LogP contribution in [0.1, 0.15) is 40.2 Å². The molecule has 4 aromatic rings. The molecule has 2 aliphatic rings. The Bertz CT molecular complexity index is 1550. The van der Waals surface area contributed by atoms with Crippen molar-refractivity contribution in [3.05, 3.63) is 137 Å². The van der Waals surface area contributed by atoms with Crippen molar-refractivity contribution in [1.82, 2.24) is 5.48 Å². The molecule has 4 aromatic carbocycles. The van der Waals surface area contributed by atoms with Gasteiger partial charge in [-0.3, -0.25) is 0 Å². The Balaban J connectivity index is 1.57. The molecule has 7 heteroatoms. The van der Waals surface area contributed by atoms with E-state index in [0.29, 0.717) is 6.61 Å². The van der Waals surface area contributed by atoms with E-state index >= 15 is 0 Å². The first-order chi connectivity index (χ1) is 22.4. The number of nitrogens with one attached hydrogen (secondary N) is 1. The summed E-state index contributed by atoms with van der Waals surface area (Å²) in [5, 5.41) is 0.0105. The fourth-order valence-corrected chi connectivity index (χ4v) is 20.8. The topological polar surface area (TPSA) is 49.0 Å². The van der Waals surface area contributed by atoms with E-state index in [1.165, 1.54) is 16.3 Å². The zero-order valence-corrected chi connectivity index (χ0v) is 32.6. The van der Waals surface area contributed by atoms with Gasteiger partial charge in [-0.1, -0.05) is 0 Å².